The largest absolute Gasteiger partial charge is 0.496 e. The third kappa shape index (κ3) is 2.58. The van der Waals surface area contributed by atoms with E-state index < -0.39 is 0 Å². The molecular weight excluding hydrogens is 292 g/mol. The summed E-state index contributed by atoms with van der Waals surface area (Å²) in [6.45, 7) is 2.16. The number of imidazole rings is 1. The normalized spacial score (nSPS) is 10.7. The molecule has 0 saturated heterocycles. The van der Waals surface area contributed by atoms with Gasteiger partial charge in [-0.1, -0.05) is 19.1 Å². The number of methoxy groups -OCH3 is 1. The Bertz CT molecular complexity index is 549. The molecular formula is C14H17BrN2O. The van der Waals surface area contributed by atoms with Crippen LogP contribution in [-0.2, 0) is 19.9 Å². The first-order valence-electron chi connectivity index (χ1n) is 5.97. The molecule has 0 unspecified atom stereocenters. The number of rotatable bonds is 4. The summed E-state index contributed by atoms with van der Waals surface area (Å²) in [6.07, 6.45) is 3.62. The van der Waals surface area contributed by atoms with E-state index in [1.807, 2.05) is 24.0 Å². The lowest BCUT2D eigenvalue weighted by Crippen LogP contribution is -1.97. The second kappa shape index (κ2) is 5.57. The van der Waals surface area contributed by atoms with Crippen LogP contribution in [0.1, 0.15) is 23.7 Å². The molecule has 1 heterocycles. The lowest BCUT2D eigenvalue weighted by Gasteiger charge is -2.09. The van der Waals surface area contributed by atoms with Gasteiger partial charge >= 0.3 is 0 Å². The first-order valence-corrected chi connectivity index (χ1v) is 6.76. The van der Waals surface area contributed by atoms with Gasteiger partial charge in [-0.2, -0.15) is 0 Å². The Kier molecular flexibility index (Phi) is 4.07. The standard InChI is InChI=1S/C14H17BrN2O/c1-4-10-5-6-13(18-3)11(7-10)8-12-14(15)17(2)9-16-12/h5-7,9H,4,8H2,1-3H3. The van der Waals surface area contributed by atoms with Crippen LogP contribution in [0.4, 0.5) is 0 Å². The number of aromatic nitrogens is 2. The number of aryl methyl sites for hydroxylation is 2. The molecule has 1 aromatic carbocycles. The highest BCUT2D eigenvalue weighted by Crippen LogP contribution is 2.25. The van der Waals surface area contributed by atoms with E-state index in [1.54, 1.807) is 7.11 Å². The molecule has 0 bridgehead atoms. The Hall–Kier alpha value is -1.29. The molecule has 0 aliphatic rings. The van der Waals surface area contributed by atoms with Crippen LogP contribution in [0.25, 0.3) is 0 Å². The first kappa shape index (κ1) is 13.1. The van der Waals surface area contributed by atoms with Crippen molar-refractivity contribution in [3.8, 4) is 5.75 Å². The average Bonchev–Trinajstić information content (AvgIpc) is 2.70. The highest BCUT2D eigenvalue weighted by atomic mass is 79.9. The number of hydrogen-bond donors (Lipinski definition) is 0. The molecule has 0 aliphatic heterocycles. The van der Waals surface area contributed by atoms with Crippen molar-refractivity contribution in [3.05, 3.63) is 46.0 Å². The average molecular weight is 309 g/mol. The molecule has 0 N–H and O–H groups in total. The summed E-state index contributed by atoms with van der Waals surface area (Å²) in [7, 11) is 3.68. The highest BCUT2D eigenvalue weighted by molar-refractivity contribution is 9.10. The number of hydrogen-bond acceptors (Lipinski definition) is 2. The minimum atomic E-state index is 0.776. The lowest BCUT2D eigenvalue weighted by molar-refractivity contribution is 0.410. The summed E-state index contributed by atoms with van der Waals surface area (Å²) in [6, 6.07) is 6.33. The second-order valence-electron chi connectivity index (χ2n) is 4.27. The number of nitrogens with zero attached hydrogens (tertiary/aromatic N) is 2. The van der Waals surface area contributed by atoms with Crippen LogP contribution in [0.15, 0.2) is 29.1 Å². The monoisotopic (exact) mass is 308 g/mol. The van der Waals surface area contributed by atoms with E-state index in [4.69, 9.17) is 4.74 Å². The van der Waals surface area contributed by atoms with Crippen LogP contribution in [-0.4, -0.2) is 16.7 Å². The van der Waals surface area contributed by atoms with Gasteiger partial charge in [0.2, 0.25) is 0 Å². The summed E-state index contributed by atoms with van der Waals surface area (Å²) in [4.78, 5) is 4.40. The zero-order chi connectivity index (χ0) is 13.1. The SMILES string of the molecule is CCc1ccc(OC)c(Cc2ncn(C)c2Br)c1. The van der Waals surface area contributed by atoms with Gasteiger partial charge in [-0.15, -0.1) is 0 Å². The third-order valence-electron chi connectivity index (χ3n) is 3.05. The molecule has 0 saturated carbocycles. The number of ether oxygens (including phenoxy) is 1. The summed E-state index contributed by atoms with van der Waals surface area (Å²) in [5.41, 5.74) is 3.53. The van der Waals surface area contributed by atoms with Crippen molar-refractivity contribution in [2.45, 2.75) is 19.8 Å². The van der Waals surface area contributed by atoms with Crippen LogP contribution in [0.5, 0.6) is 5.75 Å². The number of halogens is 1. The van der Waals surface area contributed by atoms with E-state index in [0.29, 0.717) is 0 Å². The van der Waals surface area contributed by atoms with Crippen molar-refractivity contribution in [2.75, 3.05) is 7.11 Å². The summed E-state index contributed by atoms with van der Waals surface area (Å²) < 4.78 is 8.40. The van der Waals surface area contributed by atoms with Crippen LogP contribution in [0.2, 0.25) is 0 Å². The van der Waals surface area contributed by atoms with Crippen LogP contribution in [0, 0.1) is 0 Å². The van der Waals surface area contributed by atoms with Gasteiger partial charge in [-0.05, 0) is 34.0 Å². The smallest absolute Gasteiger partial charge is 0.122 e. The van der Waals surface area contributed by atoms with Gasteiger partial charge in [-0.25, -0.2) is 4.98 Å². The molecule has 0 atom stereocenters. The predicted octanol–water partition coefficient (Wildman–Crippen LogP) is 3.34. The maximum Gasteiger partial charge on any atom is 0.122 e. The Morgan fingerprint density at radius 1 is 1.39 bits per heavy atom. The van der Waals surface area contributed by atoms with Gasteiger partial charge in [0.15, 0.2) is 0 Å². The van der Waals surface area contributed by atoms with E-state index in [0.717, 1.165) is 28.9 Å². The van der Waals surface area contributed by atoms with E-state index >= 15 is 0 Å². The van der Waals surface area contributed by atoms with Gasteiger partial charge < -0.3 is 9.30 Å². The van der Waals surface area contributed by atoms with Gasteiger partial charge in [-0.3, -0.25) is 0 Å². The van der Waals surface area contributed by atoms with E-state index in [-0.39, 0.29) is 0 Å². The Labute approximate surface area is 116 Å². The minimum absolute atomic E-state index is 0.776. The fourth-order valence-corrected chi connectivity index (χ4v) is 2.29. The molecule has 0 spiro atoms. The summed E-state index contributed by atoms with van der Waals surface area (Å²) in [5, 5.41) is 0. The van der Waals surface area contributed by atoms with Crippen molar-refractivity contribution in [1.29, 1.82) is 0 Å². The molecule has 0 amide bonds. The van der Waals surface area contributed by atoms with Crippen molar-refractivity contribution < 1.29 is 4.74 Å². The highest BCUT2D eigenvalue weighted by Gasteiger charge is 2.10. The van der Waals surface area contributed by atoms with E-state index in [2.05, 4.69) is 40.0 Å². The maximum atomic E-state index is 5.41. The Morgan fingerprint density at radius 3 is 2.72 bits per heavy atom. The third-order valence-corrected chi connectivity index (χ3v) is 4.06. The van der Waals surface area contributed by atoms with Gasteiger partial charge in [0.1, 0.15) is 10.4 Å². The zero-order valence-corrected chi connectivity index (χ0v) is 12.5. The zero-order valence-electron chi connectivity index (χ0n) is 10.9. The van der Waals surface area contributed by atoms with Gasteiger partial charge in [0.05, 0.1) is 19.1 Å². The molecule has 2 rings (SSSR count). The van der Waals surface area contributed by atoms with Gasteiger partial charge in [0.25, 0.3) is 0 Å². The van der Waals surface area contributed by atoms with Crippen LogP contribution >= 0.6 is 15.9 Å². The molecule has 96 valence electrons. The molecule has 2 aromatic rings. The predicted molar refractivity (Wildman–Crippen MR) is 76.1 cm³/mol. The lowest BCUT2D eigenvalue weighted by atomic mass is 10.0. The minimum Gasteiger partial charge on any atom is -0.496 e. The molecule has 0 aliphatic carbocycles. The van der Waals surface area contributed by atoms with Gasteiger partial charge in [0, 0.05) is 19.0 Å². The van der Waals surface area contributed by atoms with Crippen molar-refractivity contribution in [1.82, 2.24) is 9.55 Å². The molecule has 3 nitrogen and oxygen atoms in total. The Balaban J connectivity index is 2.35. The molecule has 0 fully saturated rings. The number of benzene rings is 1. The van der Waals surface area contributed by atoms with E-state index in [1.165, 1.54) is 11.1 Å². The first-order chi connectivity index (χ1) is 8.65. The van der Waals surface area contributed by atoms with Crippen LogP contribution < -0.4 is 4.74 Å². The quantitative estimate of drug-likeness (QED) is 0.866. The summed E-state index contributed by atoms with van der Waals surface area (Å²) in [5.74, 6) is 0.921. The van der Waals surface area contributed by atoms with Crippen molar-refractivity contribution in [2.24, 2.45) is 7.05 Å². The van der Waals surface area contributed by atoms with E-state index in [9.17, 15) is 0 Å². The Morgan fingerprint density at radius 2 is 2.17 bits per heavy atom. The maximum absolute atomic E-state index is 5.41. The topological polar surface area (TPSA) is 27.1 Å². The molecule has 0 radical (unpaired) electrons. The fourth-order valence-electron chi connectivity index (χ4n) is 1.95. The fraction of sp³-hybridized carbons (Fsp3) is 0.357. The molecule has 18 heavy (non-hydrogen) atoms. The van der Waals surface area contributed by atoms with Crippen molar-refractivity contribution >= 4 is 15.9 Å². The second-order valence-corrected chi connectivity index (χ2v) is 5.02. The molecule has 1 aromatic heterocycles. The van der Waals surface area contributed by atoms with Crippen molar-refractivity contribution in [3.63, 3.8) is 0 Å². The van der Waals surface area contributed by atoms with Crippen LogP contribution in [0.3, 0.4) is 0 Å². The molecule has 4 heteroatoms. The summed E-state index contributed by atoms with van der Waals surface area (Å²) >= 11 is 3.55.